The predicted octanol–water partition coefficient (Wildman–Crippen LogP) is 4.58. The van der Waals surface area contributed by atoms with Gasteiger partial charge in [0.25, 0.3) is 5.91 Å². The molecule has 4 nitrogen and oxygen atoms in total. The molecule has 0 saturated carbocycles. The van der Waals surface area contributed by atoms with E-state index in [-0.39, 0.29) is 11.9 Å². The van der Waals surface area contributed by atoms with Gasteiger partial charge in [0.05, 0.1) is 25.8 Å². The van der Waals surface area contributed by atoms with Crippen molar-refractivity contribution in [1.29, 1.82) is 0 Å². The van der Waals surface area contributed by atoms with Crippen LogP contribution in [-0.2, 0) is 0 Å². The topological polar surface area (TPSA) is 38.8 Å². The molecule has 0 bridgehead atoms. The highest BCUT2D eigenvalue weighted by Gasteiger charge is 2.33. The molecule has 0 radical (unpaired) electrons. The summed E-state index contributed by atoms with van der Waals surface area (Å²) in [7, 11) is 3.21. The van der Waals surface area contributed by atoms with Crippen LogP contribution in [0.25, 0.3) is 0 Å². The molecule has 6 heteroatoms. The van der Waals surface area contributed by atoms with Gasteiger partial charge < -0.3 is 14.4 Å². The number of halogens is 2. The summed E-state index contributed by atoms with van der Waals surface area (Å²) in [6, 6.07) is 9.58. The Hall–Kier alpha value is -2.08. The van der Waals surface area contributed by atoms with Crippen LogP contribution in [0.5, 0.6) is 11.5 Å². The van der Waals surface area contributed by atoms with E-state index < -0.39 is 5.82 Å². The van der Waals surface area contributed by atoms with Gasteiger partial charge in [-0.1, -0.05) is 0 Å². The van der Waals surface area contributed by atoms with Crippen LogP contribution in [0.4, 0.5) is 4.39 Å². The van der Waals surface area contributed by atoms with Crippen molar-refractivity contribution < 1.29 is 18.7 Å². The SMILES string of the molecule is COc1ccc(OC)c(C2CCCN2C(=O)c2cc(F)ccc2Br)c1. The van der Waals surface area contributed by atoms with Gasteiger partial charge in [-0.25, -0.2) is 4.39 Å². The number of hydrogen-bond donors (Lipinski definition) is 0. The molecule has 0 aromatic heterocycles. The van der Waals surface area contributed by atoms with Crippen LogP contribution >= 0.6 is 15.9 Å². The zero-order valence-electron chi connectivity index (χ0n) is 14.1. The fourth-order valence-electron chi connectivity index (χ4n) is 3.25. The zero-order chi connectivity index (χ0) is 18.0. The fourth-order valence-corrected chi connectivity index (χ4v) is 3.67. The Labute approximate surface area is 154 Å². The van der Waals surface area contributed by atoms with Crippen molar-refractivity contribution in [2.75, 3.05) is 20.8 Å². The Kier molecular flexibility index (Phi) is 5.27. The quantitative estimate of drug-likeness (QED) is 0.744. The van der Waals surface area contributed by atoms with E-state index in [1.165, 1.54) is 12.1 Å². The van der Waals surface area contributed by atoms with Gasteiger partial charge in [0, 0.05) is 16.6 Å². The molecule has 2 aromatic rings. The Bertz CT molecular complexity index is 796. The summed E-state index contributed by atoms with van der Waals surface area (Å²) >= 11 is 3.35. The standard InChI is InChI=1S/C19H19BrFNO3/c1-24-13-6-8-18(25-2)15(11-13)17-4-3-9-22(17)19(23)14-10-12(21)5-7-16(14)20/h5-8,10-11,17H,3-4,9H2,1-2H3. The smallest absolute Gasteiger partial charge is 0.255 e. The van der Waals surface area contributed by atoms with Gasteiger partial charge in [0.2, 0.25) is 0 Å². The molecule has 1 fully saturated rings. The monoisotopic (exact) mass is 407 g/mol. The summed E-state index contributed by atoms with van der Waals surface area (Å²) in [4.78, 5) is 14.8. The normalized spacial score (nSPS) is 16.8. The third kappa shape index (κ3) is 3.49. The first kappa shape index (κ1) is 17.7. The molecule has 1 aliphatic rings. The Morgan fingerprint density at radius 3 is 2.72 bits per heavy atom. The van der Waals surface area contributed by atoms with E-state index >= 15 is 0 Å². The second-order valence-electron chi connectivity index (χ2n) is 5.89. The zero-order valence-corrected chi connectivity index (χ0v) is 15.7. The average molecular weight is 408 g/mol. The number of carbonyl (C=O) groups is 1. The van der Waals surface area contributed by atoms with Crippen LogP contribution in [0.3, 0.4) is 0 Å². The maximum atomic E-state index is 13.6. The Morgan fingerprint density at radius 2 is 2.00 bits per heavy atom. The first-order chi connectivity index (χ1) is 12.0. The number of methoxy groups -OCH3 is 2. The molecule has 3 rings (SSSR count). The largest absolute Gasteiger partial charge is 0.497 e. The number of rotatable bonds is 4. The van der Waals surface area contributed by atoms with E-state index in [1.807, 2.05) is 18.2 Å². The van der Waals surface area contributed by atoms with Crippen molar-refractivity contribution in [1.82, 2.24) is 4.90 Å². The third-order valence-corrected chi connectivity index (χ3v) is 5.16. The van der Waals surface area contributed by atoms with E-state index in [2.05, 4.69) is 15.9 Å². The van der Waals surface area contributed by atoms with Crippen molar-refractivity contribution in [3.63, 3.8) is 0 Å². The minimum absolute atomic E-state index is 0.132. The minimum atomic E-state index is -0.429. The lowest BCUT2D eigenvalue weighted by molar-refractivity contribution is 0.0732. The third-order valence-electron chi connectivity index (χ3n) is 4.47. The molecule has 1 amide bonds. The van der Waals surface area contributed by atoms with Crippen molar-refractivity contribution in [3.05, 3.63) is 57.8 Å². The molecular weight excluding hydrogens is 389 g/mol. The highest BCUT2D eigenvalue weighted by molar-refractivity contribution is 9.10. The van der Waals surface area contributed by atoms with Gasteiger partial charge in [0.1, 0.15) is 17.3 Å². The highest BCUT2D eigenvalue weighted by atomic mass is 79.9. The van der Waals surface area contributed by atoms with Crippen molar-refractivity contribution in [3.8, 4) is 11.5 Å². The second-order valence-corrected chi connectivity index (χ2v) is 6.74. The fraction of sp³-hybridized carbons (Fsp3) is 0.316. The van der Waals surface area contributed by atoms with Gasteiger partial charge in [-0.2, -0.15) is 0 Å². The van der Waals surface area contributed by atoms with Crippen molar-refractivity contribution >= 4 is 21.8 Å². The molecule has 0 spiro atoms. The second kappa shape index (κ2) is 7.44. The first-order valence-electron chi connectivity index (χ1n) is 8.03. The number of carbonyl (C=O) groups excluding carboxylic acids is 1. The van der Waals surface area contributed by atoms with E-state index in [1.54, 1.807) is 25.2 Å². The van der Waals surface area contributed by atoms with Gasteiger partial charge in [-0.3, -0.25) is 4.79 Å². The summed E-state index contributed by atoms with van der Waals surface area (Å²) in [6.45, 7) is 0.618. The summed E-state index contributed by atoms with van der Waals surface area (Å²) in [5, 5.41) is 0. The van der Waals surface area contributed by atoms with Crippen LogP contribution in [0.1, 0.15) is 34.8 Å². The summed E-state index contributed by atoms with van der Waals surface area (Å²) in [6.07, 6.45) is 1.70. The van der Waals surface area contributed by atoms with Gasteiger partial charge in [-0.15, -0.1) is 0 Å². The number of hydrogen-bond acceptors (Lipinski definition) is 3. The number of nitrogens with zero attached hydrogens (tertiary/aromatic N) is 1. The first-order valence-corrected chi connectivity index (χ1v) is 8.82. The molecule has 132 valence electrons. The molecule has 1 heterocycles. The lowest BCUT2D eigenvalue weighted by Crippen LogP contribution is -2.31. The van der Waals surface area contributed by atoms with Crippen LogP contribution in [-0.4, -0.2) is 31.6 Å². The summed E-state index contributed by atoms with van der Waals surface area (Å²) < 4.78 is 25.0. The maximum absolute atomic E-state index is 13.6. The minimum Gasteiger partial charge on any atom is -0.497 e. The number of benzene rings is 2. The summed E-state index contributed by atoms with van der Waals surface area (Å²) in [5.41, 5.74) is 1.23. The molecule has 1 atom stereocenters. The van der Waals surface area contributed by atoms with Crippen LogP contribution in [0, 0.1) is 5.82 Å². The molecule has 1 unspecified atom stereocenters. The number of ether oxygens (including phenoxy) is 2. The van der Waals surface area contributed by atoms with Crippen LogP contribution in [0.15, 0.2) is 40.9 Å². The molecule has 2 aromatic carbocycles. The molecule has 1 aliphatic heterocycles. The number of likely N-dealkylation sites (tertiary alicyclic amines) is 1. The van der Waals surface area contributed by atoms with E-state index in [4.69, 9.17) is 9.47 Å². The molecule has 25 heavy (non-hydrogen) atoms. The lowest BCUT2D eigenvalue weighted by Gasteiger charge is -2.27. The Morgan fingerprint density at radius 1 is 1.20 bits per heavy atom. The molecule has 1 saturated heterocycles. The predicted molar refractivity (Wildman–Crippen MR) is 96.7 cm³/mol. The number of amides is 1. The average Bonchev–Trinajstić information content (AvgIpc) is 3.12. The van der Waals surface area contributed by atoms with Crippen LogP contribution < -0.4 is 9.47 Å². The Balaban J connectivity index is 1.98. The van der Waals surface area contributed by atoms with E-state index in [0.717, 1.165) is 18.4 Å². The summed E-state index contributed by atoms with van der Waals surface area (Å²) in [5.74, 6) is 0.797. The highest BCUT2D eigenvalue weighted by Crippen LogP contribution is 2.40. The van der Waals surface area contributed by atoms with Gasteiger partial charge in [0.15, 0.2) is 0 Å². The molecule has 0 N–H and O–H groups in total. The molecule has 0 aliphatic carbocycles. The van der Waals surface area contributed by atoms with E-state index in [0.29, 0.717) is 28.1 Å². The maximum Gasteiger partial charge on any atom is 0.255 e. The van der Waals surface area contributed by atoms with Crippen molar-refractivity contribution in [2.45, 2.75) is 18.9 Å². The molecular formula is C19H19BrFNO3. The van der Waals surface area contributed by atoms with Gasteiger partial charge in [-0.05, 0) is 65.2 Å². The van der Waals surface area contributed by atoms with E-state index in [9.17, 15) is 9.18 Å². The van der Waals surface area contributed by atoms with Gasteiger partial charge >= 0.3 is 0 Å². The lowest BCUT2D eigenvalue weighted by atomic mass is 10.0. The van der Waals surface area contributed by atoms with Crippen LogP contribution in [0.2, 0.25) is 0 Å². The van der Waals surface area contributed by atoms with Crippen molar-refractivity contribution in [2.24, 2.45) is 0 Å².